The maximum Gasteiger partial charge on any atom is 0.416 e. The Morgan fingerprint density at radius 1 is 1.24 bits per heavy atom. The molecule has 21 heavy (non-hydrogen) atoms. The molecular weight excluding hydrogens is 287 g/mol. The number of hydrogen-bond donors (Lipinski definition) is 2. The molecule has 0 unspecified atom stereocenters. The Balaban J connectivity index is 3.25. The number of alkyl halides is 3. The van der Waals surface area contributed by atoms with Gasteiger partial charge in [0.05, 0.1) is 16.8 Å². The molecule has 0 aliphatic heterocycles. The van der Waals surface area contributed by atoms with Crippen LogP contribution in [0.2, 0.25) is 0 Å². The van der Waals surface area contributed by atoms with Crippen LogP contribution in [0, 0.1) is 5.41 Å². The van der Waals surface area contributed by atoms with E-state index in [9.17, 15) is 22.8 Å². The maximum absolute atomic E-state index is 12.7. The molecular formula is C14H16F3NO3. The summed E-state index contributed by atoms with van der Waals surface area (Å²) in [6.45, 7) is 5.00. The first-order chi connectivity index (χ1) is 9.49. The van der Waals surface area contributed by atoms with Gasteiger partial charge >= 0.3 is 12.1 Å². The molecule has 2 N–H and O–H groups in total. The third-order valence-corrected chi connectivity index (χ3v) is 3.32. The summed E-state index contributed by atoms with van der Waals surface area (Å²) in [4.78, 5) is 23.1. The molecule has 1 aromatic rings. The van der Waals surface area contributed by atoms with Crippen LogP contribution in [-0.4, -0.2) is 17.0 Å². The summed E-state index contributed by atoms with van der Waals surface area (Å²) in [6, 6.07) is 2.14. The fourth-order valence-corrected chi connectivity index (χ4v) is 1.46. The zero-order valence-corrected chi connectivity index (χ0v) is 11.8. The summed E-state index contributed by atoms with van der Waals surface area (Å²) >= 11 is 0. The predicted molar refractivity (Wildman–Crippen MR) is 71.1 cm³/mol. The number of carboxylic acid groups (broad SMARTS) is 1. The number of nitrogens with one attached hydrogen (secondary N) is 1. The molecule has 0 aliphatic carbocycles. The molecule has 1 aromatic carbocycles. The van der Waals surface area contributed by atoms with Crippen molar-refractivity contribution in [3.63, 3.8) is 0 Å². The van der Waals surface area contributed by atoms with E-state index in [-0.39, 0.29) is 11.3 Å². The van der Waals surface area contributed by atoms with Crippen LogP contribution in [0.1, 0.15) is 43.1 Å². The number of carboxylic acids is 1. The van der Waals surface area contributed by atoms with Gasteiger partial charge in [0.1, 0.15) is 0 Å². The Morgan fingerprint density at radius 3 is 2.24 bits per heavy atom. The lowest BCUT2D eigenvalue weighted by molar-refractivity contribution is -0.137. The lowest BCUT2D eigenvalue weighted by Crippen LogP contribution is -2.30. The average Bonchev–Trinajstić information content (AvgIpc) is 2.37. The molecule has 0 heterocycles. The first-order valence-corrected chi connectivity index (χ1v) is 6.25. The number of carbonyl (C=O) groups excluding carboxylic acids is 1. The van der Waals surface area contributed by atoms with Gasteiger partial charge in [-0.3, -0.25) is 4.79 Å². The summed E-state index contributed by atoms with van der Waals surface area (Å²) < 4.78 is 38.0. The van der Waals surface area contributed by atoms with Crippen molar-refractivity contribution in [3.8, 4) is 0 Å². The van der Waals surface area contributed by atoms with Crippen LogP contribution in [0.25, 0.3) is 0 Å². The zero-order chi connectivity index (χ0) is 16.4. The fraction of sp³-hybridized carbons (Fsp3) is 0.429. The summed E-state index contributed by atoms with van der Waals surface area (Å²) in [5, 5.41) is 11.3. The van der Waals surface area contributed by atoms with Crippen LogP contribution in [0.3, 0.4) is 0 Å². The van der Waals surface area contributed by atoms with Gasteiger partial charge in [-0.15, -0.1) is 0 Å². The summed E-state index contributed by atoms with van der Waals surface area (Å²) in [7, 11) is 0. The van der Waals surface area contributed by atoms with Gasteiger partial charge in [0.2, 0.25) is 5.91 Å². The molecule has 0 radical (unpaired) electrons. The monoisotopic (exact) mass is 303 g/mol. The van der Waals surface area contributed by atoms with E-state index < -0.39 is 29.0 Å². The van der Waals surface area contributed by atoms with Crippen molar-refractivity contribution in [1.29, 1.82) is 0 Å². The first kappa shape index (κ1) is 17.0. The van der Waals surface area contributed by atoms with E-state index in [0.717, 1.165) is 6.07 Å². The number of carbonyl (C=O) groups is 2. The lowest BCUT2D eigenvalue weighted by atomic mass is 9.89. The number of benzene rings is 1. The highest BCUT2D eigenvalue weighted by Gasteiger charge is 2.33. The van der Waals surface area contributed by atoms with E-state index in [1.165, 1.54) is 0 Å². The van der Waals surface area contributed by atoms with E-state index in [0.29, 0.717) is 18.6 Å². The summed E-state index contributed by atoms with van der Waals surface area (Å²) in [6.07, 6.45) is -4.16. The highest BCUT2D eigenvalue weighted by Crippen LogP contribution is 2.33. The number of amides is 1. The highest BCUT2D eigenvalue weighted by atomic mass is 19.4. The third-order valence-electron chi connectivity index (χ3n) is 3.32. The van der Waals surface area contributed by atoms with Gasteiger partial charge in [0.15, 0.2) is 0 Å². The van der Waals surface area contributed by atoms with Crippen molar-refractivity contribution in [1.82, 2.24) is 0 Å². The Bertz CT molecular complexity index is 565. The van der Waals surface area contributed by atoms with Crippen LogP contribution in [-0.2, 0) is 11.0 Å². The van der Waals surface area contributed by atoms with E-state index in [2.05, 4.69) is 5.32 Å². The predicted octanol–water partition coefficient (Wildman–Crippen LogP) is 3.78. The Morgan fingerprint density at radius 2 is 1.81 bits per heavy atom. The van der Waals surface area contributed by atoms with E-state index >= 15 is 0 Å². The van der Waals surface area contributed by atoms with Crippen molar-refractivity contribution < 1.29 is 27.9 Å². The first-order valence-electron chi connectivity index (χ1n) is 6.25. The Hall–Kier alpha value is -2.05. The normalized spacial score (nSPS) is 12.1. The Kier molecular flexibility index (Phi) is 4.65. The van der Waals surface area contributed by atoms with Crippen molar-refractivity contribution in [2.45, 2.75) is 33.4 Å². The van der Waals surface area contributed by atoms with Crippen LogP contribution in [0.5, 0.6) is 0 Å². The summed E-state index contributed by atoms with van der Waals surface area (Å²) in [5.74, 6) is -1.94. The molecule has 7 heteroatoms. The highest BCUT2D eigenvalue weighted by molar-refractivity contribution is 6.02. The van der Waals surface area contributed by atoms with E-state index in [1.54, 1.807) is 20.8 Å². The molecule has 1 amide bonds. The second-order valence-electron chi connectivity index (χ2n) is 5.25. The minimum atomic E-state index is -4.61. The average molecular weight is 303 g/mol. The minimum absolute atomic E-state index is 0.358. The molecule has 0 fully saturated rings. The van der Waals surface area contributed by atoms with Crippen LogP contribution >= 0.6 is 0 Å². The van der Waals surface area contributed by atoms with Crippen LogP contribution in [0.4, 0.5) is 18.9 Å². The van der Waals surface area contributed by atoms with E-state index in [1.807, 2.05) is 0 Å². The zero-order valence-electron chi connectivity index (χ0n) is 11.8. The second kappa shape index (κ2) is 5.75. The van der Waals surface area contributed by atoms with Crippen LogP contribution in [0.15, 0.2) is 18.2 Å². The second-order valence-corrected chi connectivity index (χ2v) is 5.25. The summed E-state index contributed by atoms with van der Waals surface area (Å²) in [5.41, 5.74) is -2.58. The molecule has 0 bridgehead atoms. The molecule has 116 valence electrons. The molecule has 0 aliphatic rings. The van der Waals surface area contributed by atoms with Crippen LogP contribution < -0.4 is 5.32 Å². The number of halogens is 3. The van der Waals surface area contributed by atoms with E-state index in [4.69, 9.17) is 5.11 Å². The standard InChI is InChI=1S/C14H16F3NO3/c1-4-13(2,3)12(21)18-10-7-8(14(15,16)17)5-6-9(10)11(19)20/h5-7H,4H2,1-3H3,(H,18,21)(H,19,20). The minimum Gasteiger partial charge on any atom is -0.478 e. The van der Waals surface area contributed by atoms with Gasteiger partial charge in [-0.05, 0) is 24.6 Å². The third kappa shape index (κ3) is 3.96. The van der Waals surface area contributed by atoms with Gasteiger partial charge in [0.25, 0.3) is 0 Å². The van der Waals surface area contributed by atoms with Gasteiger partial charge in [-0.1, -0.05) is 20.8 Å². The van der Waals surface area contributed by atoms with Gasteiger partial charge in [-0.25, -0.2) is 4.79 Å². The lowest BCUT2D eigenvalue weighted by Gasteiger charge is -2.22. The van der Waals surface area contributed by atoms with Crippen molar-refractivity contribution in [2.24, 2.45) is 5.41 Å². The number of anilines is 1. The van der Waals surface area contributed by atoms with Crippen molar-refractivity contribution in [2.75, 3.05) is 5.32 Å². The Labute approximate surface area is 120 Å². The number of rotatable bonds is 4. The molecule has 0 spiro atoms. The van der Waals surface area contributed by atoms with Gasteiger partial charge < -0.3 is 10.4 Å². The number of hydrogen-bond acceptors (Lipinski definition) is 2. The molecule has 0 saturated carbocycles. The van der Waals surface area contributed by atoms with Crippen molar-refractivity contribution in [3.05, 3.63) is 29.3 Å². The molecule has 0 atom stereocenters. The largest absolute Gasteiger partial charge is 0.478 e. The van der Waals surface area contributed by atoms with Gasteiger partial charge in [0, 0.05) is 5.41 Å². The smallest absolute Gasteiger partial charge is 0.416 e. The topological polar surface area (TPSA) is 66.4 Å². The number of aromatic carboxylic acids is 1. The molecule has 0 aromatic heterocycles. The van der Waals surface area contributed by atoms with Crippen molar-refractivity contribution >= 4 is 17.6 Å². The molecule has 1 rings (SSSR count). The maximum atomic E-state index is 12.7. The van der Waals surface area contributed by atoms with Gasteiger partial charge in [-0.2, -0.15) is 13.2 Å². The fourth-order valence-electron chi connectivity index (χ4n) is 1.46. The SMILES string of the molecule is CCC(C)(C)C(=O)Nc1cc(C(F)(F)F)ccc1C(=O)O. The molecule has 4 nitrogen and oxygen atoms in total. The quantitative estimate of drug-likeness (QED) is 0.889. The molecule has 0 saturated heterocycles.